The van der Waals surface area contributed by atoms with Crippen molar-refractivity contribution in [3.8, 4) is 5.69 Å². The van der Waals surface area contributed by atoms with Crippen molar-refractivity contribution in [2.75, 3.05) is 5.73 Å². The summed E-state index contributed by atoms with van der Waals surface area (Å²) < 4.78 is 3.85. The summed E-state index contributed by atoms with van der Waals surface area (Å²) in [4.78, 5) is 0. The number of aromatic nitrogens is 5. The highest BCUT2D eigenvalue weighted by atomic mass is 127. The molecule has 0 fully saturated rings. The molecule has 0 radical (unpaired) electrons. The first-order valence-corrected chi connectivity index (χ1v) is 9.28. The van der Waals surface area contributed by atoms with Gasteiger partial charge in [0.15, 0.2) is 0 Å². The molecule has 0 saturated heterocycles. The second kappa shape index (κ2) is 4.47. The number of anilines is 1. The highest BCUT2D eigenvalue weighted by molar-refractivity contribution is 14.2. The van der Waals surface area contributed by atoms with Crippen molar-refractivity contribution in [1.82, 2.24) is 24.3 Å². The lowest BCUT2D eigenvalue weighted by molar-refractivity contribution is 0.969. The first-order valence-electron chi connectivity index (χ1n) is 5.21. The van der Waals surface area contributed by atoms with Crippen LogP contribution in [0.5, 0.6) is 0 Å². The van der Waals surface area contributed by atoms with E-state index in [-0.39, 0.29) is 0 Å². The van der Waals surface area contributed by atoms with Crippen LogP contribution in [0, 0.1) is 6.92 Å². The van der Waals surface area contributed by atoms with Gasteiger partial charge in [0, 0.05) is 11.1 Å². The van der Waals surface area contributed by atoms with Gasteiger partial charge < -0.3 is 5.73 Å². The molecule has 0 aliphatic heterocycles. The van der Waals surface area contributed by atoms with Crippen molar-refractivity contribution in [3.63, 3.8) is 0 Å². The largest absolute Gasteiger partial charge is 0.398 e. The van der Waals surface area contributed by atoms with Crippen LogP contribution in [-0.4, -0.2) is 24.3 Å². The fourth-order valence-corrected chi connectivity index (χ4v) is 3.42. The predicted molar refractivity (Wildman–Crippen MR) is 81.5 cm³/mol. The van der Waals surface area contributed by atoms with Crippen molar-refractivity contribution < 1.29 is 0 Å². The second-order valence-electron chi connectivity index (χ2n) is 3.86. The minimum Gasteiger partial charge on any atom is -0.398 e. The Balaban J connectivity index is 2.29. The summed E-state index contributed by atoms with van der Waals surface area (Å²) >= 11 is 2.30. The second-order valence-corrected chi connectivity index (χ2v) is 5.90. The molecule has 2 aromatic heterocycles. The lowest BCUT2D eigenvalue weighted by Crippen LogP contribution is -1.98. The van der Waals surface area contributed by atoms with Crippen molar-refractivity contribution in [1.29, 1.82) is 0 Å². The zero-order chi connectivity index (χ0) is 12.7. The number of hydrogen-bond donors (Lipinski definition) is 1. The minimum atomic E-state index is 0.543. The van der Waals surface area contributed by atoms with Crippen molar-refractivity contribution in [2.24, 2.45) is 0 Å². The van der Waals surface area contributed by atoms with Crippen LogP contribution in [0.2, 0.25) is 0 Å². The van der Waals surface area contributed by atoms with Crippen LogP contribution in [0.4, 0.5) is 5.69 Å². The number of nitrogen functional groups attached to an aromatic ring is 1. The molecule has 3 aromatic rings. The van der Waals surface area contributed by atoms with E-state index in [4.69, 9.17) is 5.73 Å². The molecule has 92 valence electrons. The van der Waals surface area contributed by atoms with E-state index in [1.807, 2.05) is 22.0 Å². The zero-order valence-corrected chi connectivity index (χ0v) is 12.7. The molecule has 1 atom stereocenters. The molecule has 2 heterocycles. The number of hydrogen-bond acceptors (Lipinski definition) is 4. The quantitative estimate of drug-likeness (QED) is 0.426. The van der Waals surface area contributed by atoms with Crippen LogP contribution in [0.1, 0.15) is 5.82 Å². The smallest absolute Gasteiger partial charge is 0.134 e. The van der Waals surface area contributed by atoms with E-state index in [9.17, 15) is 0 Å². The summed E-state index contributed by atoms with van der Waals surface area (Å²) in [5.74, 6) is 0.830. The van der Waals surface area contributed by atoms with Gasteiger partial charge in [-0.05, 0) is 41.1 Å². The summed E-state index contributed by atoms with van der Waals surface area (Å²) in [6.45, 7) is 1.91. The number of nitrogens with two attached hydrogens (primary N) is 1. The van der Waals surface area contributed by atoms with Gasteiger partial charge in [0.2, 0.25) is 0 Å². The summed E-state index contributed by atoms with van der Waals surface area (Å²) in [5, 5.41) is 13.2. The van der Waals surface area contributed by atoms with Gasteiger partial charge in [0.05, 0.1) is 23.8 Å². The molecule has 0 bridgehead atoms. The van der Waals surface area contributed by atoms with Gasteiger partial charge >= 0.3 is 0 Å². The summed E-state index contributed by atoms with van der Waals surface area (Å²) in [7, 11) is 0. The SMILES string of the molecule is Cc1nncn1-c1cc(N)c2cnn(PI)c2c1. The Hall–Kier alpha value is -1.21. The van der Waals surface area contributed by atoms with Gasteiger partial charge in [-0.2, -0.15) is 5.10 Å². The number of aryl methyl sites for hydroxylation is 1. The first-order chi connectivity index (χ1) is 8.70. The number of nitrogens with zero attached hydrogens (tertiary/aromatic N) is 5. The maximum Gasteiger partial charge on any atom is 0.134 e. The van der Waals surface area contributed by atoms with Crippen LogP contribution in [0.25, 0.3) is 16.6 Å². The topological polar surface area (TPSA) is 74.6 Å². The Morgan fingerprint density at radius 1 is 1.39 bits per heavy atom. The van der Waals surface area contributed by atoms with Gasteiger partial charge in [0.1, 0.15) is 12.2 Å². The van der Waals surface area contributed by atoms with Gasteiger partial charge in [-0.3, -0.25) is 4.57 Å². The van der Waals surface area contributed by atoms with Gasteiger partial charge in [-0.15, -0.1) is 10.2 Å². The van der Waals surface area contributed by atoms with E-state index >= 15 is 0 Å². The molecule has 2 N–H and O–H groups in total. The highest BCUT2D eigenvalue weighted by Crippen LogP contribution is 2.32. The van der Waals surface area contributed by atoms with Crippen LogP contribution < -0.4 is 5.73 Å². The van der Waals surface area contributed by atoms with Gasteiger partial charge in [-0.1, -0.05) is 0 Å². The Morgan fingerprint density at radius 2 is 2.22 bits per heavy atom. The zero-order valence-electron chi connectivity index (χ0n) is 9.50. The predicted octanol–water partition coefficient (Wildman–Crippen LogP) is 2.30. The molecule has 6 nitrogen and oxygen atoms in total. The van der Waals surface area contributed by atoms with Gasteiger partial charge in [0.25, 0.3) is 0 Å². The molecule has 8 heteroatoms. The first kappa shape index (κ1) is 11.9. The lowest BCUT2D eigenvalue weighted by atomic mass is 10.2. The van der Waals surface area contributed by atoms with Gasteiger partial charge in [-0.25, -0.2) is 4.45 Å². The molecular weight excluding hydrogens is 362 g/mol. The van der Waals surface area contributed by atoms with E-state index in [1.54, 1.807) is 12.5 Å². The maximum atomic E-state index is 6.07. The molecule has 18 heavy (non-hydrogen) atoms. The van der Waals surface area contributed by atoms with Crippen LogP contribution in [0.15, 0.2) is 24.7 Å². The van der Waals surface area contributed by atoms with E-state index in [0.29, 0.717) is 6.37 Å². The standard InChI is InChI=1S/C10H10IN6P/c1-6-15-13-5-16(6)7-2-9(12)8-4-14-17(18-11)10(8)3-7/h2-5,18H,12H2,1H3. The molecule has 3 rings (SSSR count). The third kappa shape index (κ3) is 1.78. The minimum absolute atomic E-state index is 0.543. The number of halogens is 1. The molecule has 0 saturated carbocycles. The fourth-order valence-electron chi connectivity index (χ4n) is 1.89. The summed E-state index contributed by atoms with van der Waals surface area (Å²) in [6, 6.07) is 3.97. The number of rotatable bonds is 2. The van der Waals surface area contributed by atoms with E-state index in [0.717, 1.165) is 28.1 Å². The molecule has 0 aliphatic rings. The average Bonchev–Trinajstić information content (AvgIpc) is 2.94. The third-order valence-electron chi connectivity index (χ3n) is 2.78. The molecule has 0 spiro atoms. The maximum absolute atomic E-state index is 6.07. The number of fused-ring (bicyclic) bond motifs is 1. The van der Waals surface area contributed by atoms with Crippen molar-refractivity contribution >= 4 is 45.0 Å². The molecule has 0 aliphatic carbocycles. The lowest BCUT2D eigenvalue weighted by Gasteiger charge is -2.07. The Kier molecular flexibility index (Phi) is 2.95. The Bertz CT molecular complexity index is 718. The monoisotopic (exact) mass is 372 g/mol. The Morgan fingerprint density at radius 3 is 2.89 bits per heavy atom. The van der Waals surface area contributed by atoms with Crippen LogP contribution >= 0.6 is 28.4 Å². The number of benzene rings is 1. The Labute approximate surface area is 118 Å². The van der Waals surface area contributed by atoms with E-state index < -0.39 is 0 Å². The van der Waals surface area contributed by atoms with Crippen molar-refractivity contribution in [3.05, 3.63) is 30.5 Å². The normalized spacial score (nSPS) is 11.9. The highest BCUT2D eigenvalue weighted by Gasteiger charge is 2.09. The van der Waals surface area contributed by atoms with Crippen LogP contribution in [-0.2, 0) is 0 Å². The fraction of sp³-hybridized carbons (Fsp3) is 0.100. The average molecular weight is 372 g/mol. The van der Waals surface area contributed by atoms with E-state index in [2.05, 4.69) is 43.4 Å². The van der Waals surface area contributed by atoms with Crippen molar-refractivity contribution in [2.45, 2.75) is 6.92 Å². The molecule has 0 amide bonds. The van der Waals surface area contributed by atoms with E-state index in [1.165, 1.54) is 0 Å². The van der Waals surface area contributed by atoms with Crippen LogP contribution in [0.3, 0.4) is 0 Å². The molecular formula is C10H10IN6P. The molecule has 1 aromatic carbocycles. The molecule has 1 unspecified atom stereocenters. The summed E-state index contributed by atoms with van der Waals surface area (Å²) in [6.07, 6.45) is 4.03. The summed E-state index contributed by atoms with van der Waals surface area (Å²) in [5.41, 5.74) is 8.78. The third-order valence-corrected chi connectivity index (χ3v) is 4.67.